The quantitative estimate of drug-likeness (QED) is 0.875. The van der Waals surface area contributed by atoms with Crippen molar-refractivity contribution >= 4 is 33.1 Å². The summed E-state index contributed by atoms with van der Waals surface area (Å²) in [4.78, 5) is 0. The molecule has 5 nitrogen and oxygen atoms in total. The lowest BCUT2D eigenvalue weighted by molar-refractivity contribution is 0.412. The number of nitrogen functional groups attached to an aromatic ring is 1. The molecule has 108 valence electrons. The molecule has 0 fully saturated rings. The molecular weight excluding hydrogens is 320 g/mol. The summed E-state index contributed by atoms with van der Waals surface area (Å²) in [6.45, 7) is 2.11. The number of hydrogen-bond donors (Lipinski definition) is 2. The van der Waals surface area contributed by atoms with Crippen LogP contribution in [0.4, 0.5) is 17.2 Å². The van der Waals surface area contributed by atoms with Crippen molar-refractivity contribution in [1.29, 1.82) is 0 Å². The van der Waals surface area contributed by atoms with E-state index in [4.69, 9.17) is 10.5 Å². The van der Waals surface area contributed by atoms with E-state index in [1.54, 1.807) is 11.8 Å². The molecule has 0 aliphatic heterocycles. The smallest absolute Gasteiger partial charge is 0.152 e. The lowest BCUT2D eigenvalue weighted by Gasteiger charge is -2.10. The van der Waals surface area contributed by atoms with Gasteiger partial charge >= 0.3 is 0 Å². The van der Waals surface area contributed by atoms with Gasteiger partial charge in [0.05, 0.1) is 23.0 Å². The van der Waals surface area contributed by atoms with E-state index in [1.807, 2.05) is 25.2 Å². The number of ether oxygens (including phenoxy) is 1. The molecule has 3 N–H and O–H groups in total. The fourth-order valence-electron chi connectivity index (χ4n) is 2.05. The predicted octanol–water partition coefficient (Wildman–Crippen LogP) is 3.47. The molecule has 0 aliphatic rings. The third kappa shape index (κ3) is 2.90. The number of nitrogens with two attached hydrogens (primary N) is 1. The number of nitrogens with one attached hydrogen (secondary N) is 1. The summed E-state index contributed by atoms with van der Waals surface area (Å²) in [6.07, 6.45) is 1.91. The Labute approximate surface area is 127 Å². The molecule has 2 aromatic rings. The van der Waals surface area contributed by atoms with E-state index in [9.17, 15) is 0 Å². The van der Waals surface area contributed by atoms with Crippen molar-refractivity contribution in [2.45, 2.75) is 19.8 Å². The van der Waals surface area contributed by atoms with Gasteiger partial charge in [0.2, 0.25) is 0 Å². The Morgan fingerprint density at radius 1 is 1.45 bits per heavy atom. The average molecular weight is 339 g/mol. The van der Waals surface area contributed by atoms with Crippen LogP contribution in [0.15, 0.2) is 22.7 Å². The van der Waals surface area contributed by atoms with Gasteiger partial charge in [0.25, 0.3) is 0 Å². The number of methoxy groups -OCH3 is 1. The van der Waals surface area contributed by atoms with E-state index in [0.29, 0.717) is 5.69 Å². The number of aromatic nitrogens is 2. The van der Waals surface area contributed by atoms with Crippen LogP contribution in [0.2, 0.25) is 0 Å². The van der Waals surface area contributed by atoms with Gasteiger partial charge in [-0.2, -0.15) is 5.10 Å². The number of aryl methyl sites for hydroxylation is 2. The molecule has 0 atom stereocenters. The van der Waals surface area contributed by atoms with Crippen LogP contribution in [0.1, 0.15) is 19.0 Å². The highest BCUT2D eigenvalue weighted by Gasteiger charge is 2.13. The van der Waals surface area contributed by atoms with Crippen LogP contribution >= 0.6 is 15.9 Å². The van der Waals surface area contributed by atoms with Crippen LogP contribution in [0.3, 0.4) is 0 Å². The number of benzene rings is 1. The molecule has 0 amide bonds. The van der Waals surface area contributed by atoms with Crippen LogP contribution in [0, 0.1) is 0 Å². The number of hydrogen-bond acceptors (Lipinski definition) is 4. The first-order chi connectivity index (χ1) is 9.56. The fraction of sp³-hybridized carbons (Fsp3) is 0.357. The lowest BCUT2D eigenvalue weighted by atomic mass is 10.2. The highest BCUT2D eigenvalue weighted by Crippen LogP contribution is 2.31. The number of anilines is 3. The zero-order valence-corrected chi connectivity index (χ0v) is 13.5. The van der Waals surface area contributed by atoms with E-state index < -0.39 is 0 Å². The normalized spacial score (nSPS) is 10.6. The summed E-state index contributed by atoms with van der Waals surface area (Å²) in [5, 5.41) is 7.75. The first kappa shape index (κ1) is 14.7. The van der Waals surface area contributed by atoms with Gasteiger partial charge in [0.15, 0.2) is 5.82 Å². The topological polar surface area (TPSA) is 65.1 Å². The first-order valence-electron chi connectivity index (χ1n) is 6.48. The van der Waals surface area contributed by atoms with Crippen LogP contribution in [-0.4, -0.2) is 16.9 Å². The van der Waals surface area contributed by atoms with Gasteiger partial charge in [-0.15, -0.1) is 0 Å². The van der Waals surface area contributed by atoms with Gasteiger partial charge in [-0.3, -0.25) is 4.68 Å². The van der Waals surface area contributed by atoms with Gasteiger partial charge in [-0.05, 0) is 40.5 Å². The maximum atomic E-state index is 6.15. The van der Waals surface area contributed by atoms with E-state index in [-0.39, 0.29) is 0 Å². The van der Waals surface area contributed by atoms with Crippen molar-refractivity contribution in [2.24, 2.45) is 7.05 Å². The second-order valence-corrected chi connectivity index (χ2v) is 5.41. The molecule has 0 saturated carbocycles. The second-order valence-electron chi connectivity index (χ2n) is 4.56. The van der Waals surface area contributed by atoms with E-state index in [1.165, 1.54) is 0 Å². The molecular formula is C14H19BrN4O. The predicted molar refractivity (Wildman–Crippen MR) is 85.6 cm³/mol. The Morgan fingerprint density at radius 2 is 2.20 bits per heavy atom. The number of nitrogens with zero attached hydrogens (tertiary/aromatic N) is 2. The van der Waals surface area contributed by atoms with E-state index in [0.717, 1.165) is 40.3 Å². The minimum Gasteiger partial charge on any atom is -0.496 e. The summed E-state index contributed by atoms with van der Waals surface area (Å²) in [5.74, 6) is 1.60. The van der Waals surface area contributed by atoms with Gasteiger partial charge in [-0.25, -0.2) is 0 Å². The molecule has 0 spiro atoms. The van der Waals surface area contributed by atoms with E-state index in [2.05, 4.69) is 33.3 Å². The minimum absolute atomic E-state index is 0.710. The molecule has 1 heterocycles. The van der Waals surface area contributed by atoms with Gasteiger partial charge in [0.1, 0.15) is 5.75 Å². The molecule has 20 heavy (non-hydrogen) atoms. The molecule has 0 aliphatic carbocycles. The largest absolute Gasteiger partial charge is 0.496 e. The van der Waals surface area contributed by atoms with Crippen molar-refractivity contribution in [1.82, 2.24) is 9.78 Å². The average Bonchev–Trinajstić information content (AvgIpc) is 2.67. The fourth-order valence-corrected chi connectivity index (χ4v) is 2.59. The van der Waals surface area contributed by atoms with Crippen molar-refractivity contribution in [3.8, 4) is 5.75 Å². The zero-order chi connectivity index (χ0) is 14.7. The van der Waals surface area contributed by atoms with Crippen molar-refractivity contribution < 1.29 is 4.74 Å². The van der Waals surface area contributed by atoms with Crippen molar-refractivity contribution in [2.75, 3.05) is 18.2 Å². The van der Waals surface area contributed by atoms with Crippen LogP contribution in [0.5, 0.6) is 5.75 Å². The summed E-state index contributed by atoms with van der Waals surface area (Å²) in [5.41, 5.74) is 8.72. The van der Waals surface area contributed by atoms with Gasteiger partial charge in [-0.1, -0.05) is 13.3 Å². The monoisotopic (exact) mass is 338 g/mol. The number of halogens is 1. The Balaban J connectivity index is 2.28. The van der Waals surface area contributed by atoms with Crippen LogP contribution in [0.25, 0.3) is 0 Å². The Morgan fingerprint density at radius 3 is 2.80 bits per heavy atom. The first-order valence-corrected chi connectivity index (χ1v) is 7.28. The Hall–Kier alpha value is -1.69. The summed E-state index contributed by atoms with van der Waals surface area (Å²) >= 11 is 3.47. The third-order valence-electron chi connectivity index (χ3n) is 3.06. The molecule has 1 aromatic carbocycles. The summed E-state index contributed by atoms with van der Waals surface area (Å²) < 4.78 is 7.88. The van der Waals surface area contributed by atoms with Gasteiger partial charge < -0.3 is 15.8 Å². The SMILES string of the molecule is CCCc1nn(C)c(Nc2ccc(OC)c(Br)c2)c1N. The molecule has 0 saturated heterocycles. The number of rotatable bonds is 5. The maximum Gasteiger partial charge on any atom is 0.152 e. The molecule has 6 heteroatoms. The lowest BCUT2D eigenvalue weighted by Crippen LogP contribution is -2.01. The maximum absolute atomic E-state index is 6.15. The molecule has 1 aromatic heterocycles. The summed E-state index contributed by atoms with van der Waals surface area (Å²) in [6, 6.07) is 5.78. The van der Waals surface area contributed by atoms with Crippen LogP contribution in [-0.2, 0) is 13.5 Å². The van der Waals surface area contributed by atoms with Gasteiger partial charge in [0, 0.05) is 12.7 Å². The molecule has 2 rings (SSSR count). The zero-order valence-electron chi connectivity index (χ0n) is 11.9. The highest BCUT2D eigenvalue weighted by atomic mass is 79.9. The Kier molecular flexibility index (Phi) is 4.54. The second kappa shape index (κ2) is 6.17. The van der Waals surface area contributed by atoms with Crippen LogP contribution < -0.4 is 15.8 Å². The van der Waals surface area contributed by atoms with E-state index >= 15 is 0 Å². The van der Waals surface area contributed by atoms with Crippen molar-refractivity contribution in [3.63, 3.8) is 0 Å². The Bertz CT molecular complexity index is 609. The molecule has 0 radical (unpaired) electrons. The molecule has 0 unspecified atom stereocenters. The highest BCUT2D eigenvalue weighted by molar-refractivity contribution is 9.10. The standard InChI is InChI=1S/C14H19BrN4O/c1-4-5-11-13(16)14(19(2)18-11)17-9-6-7-12(20-3)10(15)8-9/h6-8,17H,4-5,16H2,1-3H3. The van der Waals surface area contributed by atoms with Crippen molar-refractivity contribution in [3.05, 3.63) is 28.4 Å². The minimum atomic E-state index is 0.710. The summed E-state index contributed by atoms with van der Waals surface area (Å²) in [7, 11) is 3.53. The third-order valence-corrected chi connectivity index (χ3v) is 3.68. The molecule has 0 bridgehead atoms.